The number of ketones is 1. The molecule has 5 heteroatoms. The van der Waals surface area contributed by atoms with Crippen molar-refractivity contribution < 1.29 is 9.72 Å². The van der Waals surface area contributed by atoms with Crippen LogP contribution >= 0.6 is 0 Å². The Bertz CT molecular complexity index is 844. The topological polar surface area (TPSA) is 84.0 Å². The van der Waals surface area contributed by atoms with Crippen molar-refractivity contribution in [3.63, 3.8) is 0 Å². The van der Waals surface area contributed by atoms with Crippen LogP contribution in [0.3, 0.4) is 0 Å². The molecule has 0 saturated heterocycles. The van der Waals surface area contributed by atoms with Crippen molar-refractivity contribution in [2.45, 2.75) is 19.8 Å². The van der Waals surface area contributed by atoms with Crippen molar-refractivity contribution in [1.82, 2.24) is 0 Å². The molecule has 0 aliphatic heterocycles. The highest BCUT2D eigenvalue weighted by Crippen LogP contribution is 2.27. The van der Waals surface area contributed by atoms with Crippen LogP contribution in [0.1, 0.15) is 46.8 Å². The van der Waals surface area contributed by atoms with Gasteiger partial charge in [-0.25, -0.2) is 0 Å². The lowest BCUT2D eigenvalue weighted by molar-refractivity contribution is -0.385. The molecule has 5 nitrogen and oxygen atoms in total. The van der Waals surface area contributed by atoms with E-state index < -0.39 is 4.92 Å². The Labute approximate surface area is 140 Å². The summed E-state index contributed by atoms with van der Waals surface area (Å²) >= 11 is 0. The van der Waals surface area contributed by atoms with Crippen molar-refractivity contribution in [1.29, 1.82) is 5.26 Å². The van der Waals surface area contributed by atoms with E-state index in [1.54, 1.807) is 42.5 Å². The Balaban J connectivity index is 2.25. The zero-order chi connectivity index (χ0) is 17.7. The second kappa shape index (κ2) is 7.34. The number of nitro benzene ring substituents is 1. The molecule has 0 N–H and O–H groups in total. The molecule has 0 amide bonds. The van der Waals surface area contributed by atoms with Gasteiger partial charge in [-0.05, 0) is 41.8 Å². The number of allylic oxidation sites excluding steroid dienone is 1. The fraction of sp³-hybridized carbons (Fsp3) is 0.158. The number of hydrogen-bond acceptors (Lipinski definition) is 4. The summed E-state index contributed by atoms with van der Waals surface area (Å²) in [5, 5.41) is 19.9. The summed E-state index contributed by atoms with van der Waals surface area (Å²) in [4.78, 5) is 22.9. The first-order valence-electron chi connectivity index (χ1n) is 7.43. The van der Waals surface area contributed by atoms with Crippen molar-refractivity contribution in [3.8, 4) is 6.07 Å². The first-order valence-corrected chi connectivity index (χ1v) is 7.43. The highest BCUT2D eigenvalue weighted by molar-refractivity contribution is 6.06. The van der Waals surface area contributed by atoms with Crippen LogP contribution in [0.4, 0.5) is 5.69 Å². The third kappa shape index (κ3) is 3.93. The standard InChI is InChI=1S/C19H16N2O3/c1-13(2)17-9-5-14(11-18(17)21(23)24)6-10-19(22)16-7-3-15(12-20)4-8-16/h3-11,13H,1-2H3/b10-6+. The number of nitro groups is 1. The van der Waals surface area contributed by atoms with Gasteiger partial charge in [0.05, 0.1) is 16.6 Å². The van der Waals surface area contributed by atoms with E-state index in [2.05, 4.69) is 0 Å². The van der Waals surface area contributed by atoms with Gasteiger partial charge in [0.2, 0.25) is 0 Å². The third-order valence-electron chi connectivity index (χ3n) is 3.60. The molecule has 0 heterocycles. The van der Waals surface area contributed by atoms with E-state index in [1.807, 2.05) is 19.9 Å². The first-order chi connectivity index (χ1) is 11.4. The summed E-state index contributed by atoms with van der Waals surface area (Å²) in [6.07, 6.45) is 2.92. The Morgan fingerprint density at radius 1 is 1.21 bits per heavy atom. The van der Waals surface area contributed by atoms with Crippen LogP contribution in [0.2, 0.25) is 0 Å². The van der Waals surface area contributed by atoms with Gasteiger partial charge in [-0.15, -0.1) is 0 Å². The number of carbonyl (C=O) groups is 1. The van der Waals surface area contributed by atoms with Gasteiger partial charge in [0, 0.05) is 17.2 Å². The summed E-state index contributed by atoms with van der Waals surface area (Å²) in [6.45, 7) is 3.79. The molecule has 0 aliphatic carbocycles. The molecule has 0 aliphatic rings. The molecule has 0 spiro atoms. The molecule has 0 radical (unpaired) electrons. The second-order valence-corrected chi connectivity index (χ2v) is 5.62. The SMILES string of the molecule is CC(C)c1ccc(/C=C/C(=O)c2ccc(C#N)cc2)cc1[N+](=O)[O-]. The van der Waals surface area contributed by atoms with Crippen molar-refractivity contribution >= 4 is 17.5 Å². The van der Waals surface area contributed by atoms with E-state index >= 15 is 0 Å². The number of hydrogen-bond donors (Lipinski definition) is 0. The average molecular weight is 320 g/mol. The Morgan fingerprint density at radius 2 is 1.88 bits per heavy atom. The lowest BCUT2D eigenvalue weighted by Gasteiger charge is -2.06. The number of nitrogens with zero attached hydrogens (tertiary/aromatic N) is 2. The van der Waals surface area contributed by atoms with Crippen LogP contribution in [0.5, 0.6) is 0 Å². The lowest BCUT2D eigenvalue weighted by Crippen LogP contribution is -1.98. The van der Waals surface area contributed by atoms with Crippen LogP contribution in [-0.4, -0.2) is 10.7 Å². The minimum Gasteiger partial charge on any atom is -0.289 e. The van der Waals surface area contributed by atoms with Gasteiger partial charge in [-0.1, -0.05) is 32.1 Å². The molecular weight excluding hydrogens is 304 g/mol. The predicted octanol–water partition coefficient (Wildman–Crippen LogP) is 4.49. The van der Waals surface area contributed by atoms with E-state index in [-0.39, 0.29) is 17.4 Å². The second-order valence-electron chi connectivity index (χ2n) is 5.62. The summed E-state index contributed by atoms with van der Waals surface area (Å²) in [6, 6.07) is 13.2. The van der Waals surface area contributed by atoms with E-state index in [4.69, 9.17) is 5.26 Å². The van der Waals surface area contributed by atoms with Gasteiger partial charge < -0.3 is 0 Å². The maximum absolute atomic E-state index is 12.1. The molecule has 2 aromatic rings. The molecule has 0 atom stereocenters. The maximum Gasteiger partial charge on any atom is 0.273 e. The minimum absolute atomic E-state index is 0.0451. The largest absolute Gasteiger partial charge is 0.289 e. The van der Waals surface area contributed by atoms with Crippen molar-refractivity contribution in [2.75, 3.05) is 0 Å². The molecule has 0 unspecified atom stereocenters. The van der Waals surface area contributed by atoms with Gasteiger partial charge in [-0.3, -0.25) is 14.9 Å². The number of nitriles is 1. The molecular formula is C19H16N2O3. The van der Waals surface area contributed by atoms with Crippen LogP contribution in [0.25, 0.3) is 6.08 Å². The van der Waals surface area contributed by atoms with E-state index in [0.29, 0.717) is 22.3 Å². The van der Waals surface area contributed by atoms with Gasteiger partial charge in [0.1, 0.15) is 0 Å². The molecule has 0 fully saturated rings. The third-order valence-corrected chi connectivity index (χ3v) is 3.60. The lowest BCUT2D eigenvalue weighted by atomic mass is 9.99. The summed E-state index contributed by atoms with van der Waals surface area (Å²) in [5.41, 5.74) is 2.25. The van der Waals surface area contributed by atoms with Crippen LogP contribution in [-0.2, 0) is 0 Å². The molecule has 24 heavy (non-hydrogen) atoms. The predicted molar refractivity (Wildman–Crippen MR) is 91.7 cm³/mol. The van der Waals surface area contributed by atoms with Crippen LogP contribution in [0, 0.1) is 21.4 Å². The van der Waals surface area contributed by atoms with E-state index in [0.717, 1.165) is 0 Å². The van der Waals surface area contributed by atoms with Crippen molar-refractivity contribution in [2.24, 2.45) is 0 Å². The maximum atomic E-state index is 12.1. The van der Waals surface area contributed by atoms with E-state index in [9.17, 15) is 14.9 Å². The van der Waals surface area contributed by atoms with Gasteiger partial charge >= 0.3 is 0 Å². The molecule has 0 bridgehead atoms. The fourth-order valence-electron chi connectivity index (χ4n) is 2.29. The highest BCUT2D eigenvalue weighted by Gasteiger charge is 2.16. The highest BCUT2D eigenvalue weighted by atomic mass is 16.6. The number of carbonyl (C=O) groups excluding carboxylic acids is 1. The van der Waals surface area contributed by atoms with Crippen molar-refractivity contribution in [3.05, 3.63) is 80.9 Å². The van der Waals surface area contributed by atoms with Gasteiger partial charge in [-0.2, -0.15) is 5.26 Å². The number of rotatable bonds is 5. The molecule has 0 saturated carbocycles. The monoisotopic (exact) mass is 320 g/mol. The van der Waals surface area contributed by atoms with Crippen LogP contribution < -0.4 is 0 Å². The van der Waals surface area contributed by atoms with Crippen LogP contribution in [0.15, 0.2) is 48.5 Å². The summed E-state index contributed by atoms with van der Waals surface area (Å²) in [7, 11) is 0. The molecule has 2 rings (SSSR count). The molecule has 120 valence electrons. The summed E-state index contributed by atoms with van der Waals surface area (Å²) < 4.78 is 0. The first kappa shape index (κ1) is 17.1. The quantitative estimate of drug-likeness (QED) is 0.352. The minimum atomic E-state index is -0.408. The zero-order valence-corrected chi connectivity index (χ0v) is 13.4. The van der Waals surface area contributed by atoms with Gasteiger partial charge in [0.15, 0.2) is 5.78 Å². The van der Waals surface area contributed by atoms with Gasteiger partial charge in [0.25, 0.3) is 5.69 Å². The van der Waals surface area contributed by atoms with E-state index in [1.165, 1.54) is 12.1 Å². The number of benzene rings is 2. The Morgan fingerprint density at radius 3 is 2.42 bits per heavy atom. The molecule has 0 aromatic heterocycles. The normalized spacial score (nSPS) is 10.8. The zero-order valence-electron chi connectivity index (χ0n) is 13.4. The molecule has 2 aromatic carbocycles. The summed E-state index contributed by atoms with van der Waals surface area (Å²) in [5.74, 6) is -0.182. The average Bonchev–Trinajstić information content (AvgIpc) is 2.59. The Kier molecular flexibility index (Phi) is 5.23. The smallest absolute Gasteiger partial charge is 0.273 e. The fourth-order valence-corrected chi connectivity index (χ4v) is 2.29. The Hall–Kier alpha value is -3.26.